The van der Waals surface area contributed by atoms with E-state index < -0.39 is 4.33 Å². The second-order valence-corrected chi connectivity index (χ2v) is 5.18. The Morgan fingerprint density at radius 3 is 2.40 bits per heavy atom. The number of halogens is 2. The fourth-order valence-corrected chi connectivity index (χ4v) is 2.06. The molecule has 15 heavy (non-hydrogen) atoms. The first-order valence-electron chi connectivity index (χ1n) is 4.73. The van der Waals surface area contributed by atoms with Gasteiger partial charge in [-0.25, -0.2) is 0 Å². The molecule has 1 aromatic carbocycles. The molecule has 1 unspecified atom stereocenters. The Hall–Kier alpha value is -0.440. The first-order valence-corrected chi connectivity index (χ1v) is 5.48. The number of rotatable bonds is 4. The predicted molar refractivity (Wildman–Crippen MR) is 60.7 cm³/mol. The van der Waals surface area contributed by atoms with Crippen LogP contribution in [0.25, 0.3) is 0 Å². The Kier molecular flexibility index (Phi) is 3.10. The van der Waals surface area contributed by atoms with Crippen molar-refractivity contribution < 1.29 is 9.47 Å². The Morgan fingerprint density at radius 2 is 1.93 bits per heavy atom. The van der Waals surface area contributed by atoms with E-state index in [1.807, 2.05) is 24.3 Å². The van der Waals surface area contributed by atoms with E-state index in [1.54, 1.807) is 7.11 Å². The zero-order chi connectivity index (χ0) is 10.9. The lowest BCUT2D eigenvalue weighted by Crippen LogP contribution is -1.98. The van der Waals surface area contributed by atoms with Crippen LogP contribution in [0.15, 0.2) is 24.3 Å². The third-order valence-electron chi connectivity index (χ3n) is 2.45. The van der Waals surface area contributed by atoms with Crippen molar-refractivity contribution in [2.75, 3.05) is 13.9 Å². The van der Waals surface area contributed by atoms with Crippen molar-refractivity contribution in [1.82, 2.24) is 0 Å². The summed E-state index contributed by atoms with van der Waals surface area (Å²) in [5, 5.41) is 0. The molecule has 1 saturated carbocycles. The Labute approximate surface area is 99.1 Å². The molecule has 2 nitrogen and oxygen atoms in total. The molecule has 0 bridgehead atoms. The number of hydrogen-bond donors (Lipinski definition) is 0. The average Bonchev–Trinajstić information content (AvgIpc) is 2.86. The third kappa shape index (κ3) is 2.57. The lowest BCUT2D eigenvalue weighted by Gasteiger charge is -2.05. The van der Waals surface area contributed by atoms with Crippen LogP contribution in [0, 0.1) is 0 Å². The molecular weight excluding hydrogens is 235 g/mol. The van der Waals surface area contributed by atoms with Gasteiger partial charge in [-0.3, -0.25) is 0 Å². The van der Waals surface area contributed by atoms with Gasteiger partial charge in [-0.2, -0.15) is 0 Å². The van der Waals surface area contributed by atoms with E-state index in [4.69, 9.17) is 32.7 Å². The van der Waals surface area contributed by atoms with Gasteiger partial charge in [0, 0.05) is 13.0 Å². The normalized spacial score (nSPS) is 22.5. The summed E-state index contributed by atoms with van der Waals surface area (Å²) in [5.74, 6) is 1.05. The van der Waals surface area contributed by atoms with Crippen molar-refractivity contribution in [3.05, 3.63) is 29.8 Å². The van der Waals surface area contributed by atoms with Crippen molar-refractivity contribution in [2.24, 2.45) is 0 Å². The minimum Gasteiger partial charge on any atom is -0.468 e. The summed E-state index contributed by atoms with van der Waals surface area (Å²) in [5.41, 5.74) is 1.16. The van der Waals surface area contributed by atoms with Gasteiger partial charge in [0.1, 0.15) is 10.1 Å². The maximum Gasteiger partial charge on any atom is 0.188 e. The maximum absolute atomic E-state index is 5.98. The number of ether oxygens (including phenoxy) is 2. The van der Waals surface area contributed by atoms with Crippen LogP contribution in [0.3, 0.4) is 0 Å². The maximum atomic E-state index is 5.98. The topological polar surface area (TPSA) is 18.5 Å². The Bertz CT molecular complexity index is 335. The van der Waals surface area contributed by atoms with Gasteiger partial charge < -0.3 is 9.47 Å². The molecule has 1 aromatic rings. The van der Waals surface area contributed by atoms with E-state index in [0.717, 1.165) is 17.7 Å². The van der Waals surface area contributed by atoms with E-state index in [0.29, 0.717) is 0 Å². The molecule has 0 saturated heterocycles. The fourth-order valence-electron chi connectivity index (χ4n) is 1.50. The number of benzene rings is 1. The standard InChI is InChI=1S/C11H12Cl2O2/c1-14-7-15-9-4-2-8(3-5-9)10-6-11(10,12)13/h2-5,10H,6-7H2,1H3. The van der Waals surface area contributed by atoms with Gasteiger partial charge in [0.05, 0.1) is 0 Å². The quantitative estimate of drug-likeness (QED) is 0.600. The average molecular weight is 247 g/mol. The van der Waals surface area contributed by atoms with Gasteiger partial charge in [-0.05, 0) is 24.1 Å². The van der Waals surface area contributed by atoms with Crippen LogP contribution < -0.4 is 4.74 Å². The van der Waals surface area contributed by atoms with Crippen molar-refractivity contribution in [3.63, 3.8) is 0 Å². The van der Waals surface area contributed by atoms with Crippen LogP contribution in [0.1, 0.15) is 17.9 Å². The molecule has 0 aliphatic heterocycles. The second-order valence-electron chi connectivity index (χ2n) is 3.64. The molecule has 2 rings (SSSR count). The van der Waals surface area contributed by atoms with Gasteiger partial charge in [-0.15, -0.1) is 23.2 Å². The second kappa shape index (κ2) is 4.20. The van der Waals surface area contributed by atoms with Gasteiger partial charge >= 0.3 is 0 Å². The van der Waals surface area contributed by atoms with Gasteiger partial charge in [0.25, 0.3) is 0 Å². The number of methoxy groups -OCH3 is 1. The summed E-state index contributed by atoms with van der Waals surface area (Å²) in [7, 11) is 1.59. The summed E-state index contributed by atoms with van der Waals surface area (Å²) in [6.07, 6.45) is 0.828. The monoisotopic (exact) mass is 246 g/mol. The molecule has 0 heterocycles. The lowest BCUT2D eigenvalue weighted by molar-refractivity contribution is 0.0511. The van der Waals surface area contributed by atoms with Crippen LogP contribution in [0.2, 0.25) is 0 Å². The van der Waals surface area contributed by atoms with Gasteiger partial charge in [0.2, 0.25) is 0 Å². The van der Waals surface area contributed by atoms with Crippen molar-refractivity contribution in [2.45, 2.75) is 16.7 Å². The highest BCUT2D eigenvalue weighted by Gasteiger charge is 2.52. The Morgan fingerprint density at radius 1 is 1.33 bits per heavy atom. The molecule has 0 amide bonds. The fraction of sp³-hybridized carbons (Fsp3) is 0.455. The van der Waals surface area contributed by atoms with Crippen LogP contribution >= 0.6 is 23.2 Å². The first-order chi connectivity index (χ1) is 7.13. The molecule has 1 aliphatic carbocycles. The summed E-state index contributed by atoms with van der Waals surface area (Å²) in [6, 6.07) is 7.78. The molecule has 0 N–H and O–H groups in total. The third-order valence-corrected chi connectivity index (χ3v) is 3.29. The highest BCUT2D eigenvalue weighted by atomic mass is 35.5. The predicted octanol–water partition coefficient (Wildman–Crippen LogP) is 3.33. The highest BCUT2D eigenvalue weighted by molar-refractivity contribution is 6.51. The van der Waals surface area contributed by atoms with Crippen LogP contribution in [-0.4, -0.2) is 18.2 Å². The molecule has 82 valence electrons. The molecule has 4 heteroatoms. The largest absolute Gasteiger partial charge is 0.468 e. The molecular formula is C11H12Cl2O2. The van der Waals surface area contributed by atoms with Gasteiger partial charge in [0.15, 0.2) is 6.79 Å². The van der Waals surface area contributed by atoms with Crippen LogP contribution in [-0.2, 0) is 4.74 Å². The van der Waals surface area contributed by atoms with E-state index in [2.05, 4.69) is 0 Å². The molecule has 1 atom stereocenters. The summed E-state index contributed by atoms with van der Waals surface area (Å²) >= 11 is 12.0. The van der Waals surface area contributed by atoms with E-state index in [9.17, 15) is 0 Å². The van der Waals surface area contributed by atoms with E-state index in [1.165, 1.54) is 0 Å². The summed E-state index contributed by atoms with van der Waals surface area (Å²) in [4.78, 5) is 0. The van der Waals surface area contributed by atoms with Crippen LogP contribution in [0.5, 0.6) is 5.75 Å². The molecule has 1 fully saturated rings. The van der Waals surface area contributed by atoms with E-state index >= 15 is 0 Å². The summed E-state index contributed by atoms with van der Waals surface area (Å²) < 4.78 is 9.52. The molecule has 1 aliphatic rings. The number of alkyl halides is 2. The van der Waals surface area contributed by atoms with Crippen molar-refractivity contribution in [1.29, 1.82) is 0 Å². The van der Waals surface area contributed by atoms with E-state index in [-0.39, 0.29) is 12.7 Å². The van der Waals surface area contributed by atoms with Crippen LogP contribution in [0.4, 0.5) is 0 Å². The first kappa shape index (κ1) is 11.1. The van der Waals surface area contributed by atoms with Crippen molar-refractivity contribution >= 4 is 23.2 Å². The van der Waals surface area contributed by atoms with Gasteiger partial charge in [-0.1, -0.05) is 12.1 Å². The Balaban J connectivity index is 1.99. The zero-order valence-corrected chi connectivity index (χ0v) is 9.89. The minimum atomic E-state index is -0.561. The molecule has 0 radical (unpaired) electrons. The zero-order valence-electron chi connectivity index (χ0n) is 8.37. The number of hydrogen-bond acceptors (Lipinski definition) is 2. The molecule has 0 spiro atoms. The minimum absolute atomic E-state index is 0.261. The smallest absolute Gasteiger partial charge is 0.188 e. The SMILES string of the molecule is COCOc1ccc(C2CC2(Cl)Cl)cc1. The highest BCUT2D eigenvalue weighted by Crippen LogP contribution is 2.59. The lowest BCUT2D eigenvalue weighted by atomic mass is 10.1. The molecule has 0 aromatic heterocycles. The summed E-state index contributed by atoms with van der Waals surface area (Å²) in [6.45, 7) is 0.262. The van der Waals surface area contributed by atoms with Crippen molar-refractivity contribution in [3.8, 4) is 5.75 Å².